The van der Waals surface area contributed by atoms with Crippen molar-refractivity contribution in [2.75, 3.05) is 51.3 Å². The average Bonchev–Trinajstić information content (AvgIpc) is 2.77. The van der Waals surface area contributed by atoms with Crippen LogP contribution in [0.4, 0.5) is 10.7 Å². The van der Waals surface area contributed by atoms with Crippen molar-refractivity contribution in [2.24, 2.45) is 5.92 Å². The standard InChI is InChI=1S/C20H31N5O4S/c1-16(2)28-20(26)24-8-6-17(7-9-24)4-5-18-14-21-19(22-15-18)23-10-12-25(13-11-23)30-29-27-3/h4-5,14-17H,6-13H2,1-3H3/b5-4+. The molecule has 0 atom stereocenters. The highest BCUT2D eigenvalue weighted by molar-refractivity contribution is 7.92. The molecule has 2 fully saturated rings. The van der Waals surface area contributed by atoms with E-state index in [9.17, 15) is 4.79 Å². The third-order valence-electron chi connectivity index (χ3n) is 5.08. The number of nitrogens with zero attached hydrogens (tertiary/aromatic N) is 5. The summed E-state index contributed by atoms with van der Waals surface area (Å²) in [4.78, 5) is 29.6. The van der Waals surface area contributed by atoms with Crippen molar-refractivity contribution in [2.45, 2.75) is 32.8 Å². The first-order valence-corrected chi connectivity index (χ1v) is 11.1. The highest BCUT2D eigenvalue weighted by Crippen LogP contribution is 2.21. The molecule has 0 radical (unpaired) electrons. The molecule has 0 unspecified atom stereocenters. The lowest BCUT2D eigenvalue weighted by Crippen LogP contribution is -2.44. The number of piperazine rings is 1. The summed E-state index contributed by atoms with van der Waals surface area (Å²) in [6.07, 6.45) is 9.61. The van der Waals surface area contributed by atoms with E-state index in [0.717, 1.165) is 63.6 Å². The van der Waals surface area contributed by atoms with Gasteiger partial charge < -0.3 is 14.5 Å². The maximum Gasteiger partial charge on any atom is 0.410 e. The van der Waals surface area contributed by atoms with Crippen LogP contribution in [0.5, 0.6) is 0 Å². The summed E-state index contributed by atoms with van der Waals surface area (Å²) in [6, 6.07) is 0. The first-order valence-electron chi connectivity index (χ1n) is 10.4. The van der Waals surface area contributed by atoms with Crippen LogP contribution in [0.3, 0.4) is 0 Å². The number of hydrogen-bond acceptors (Lipinski definition) is 9. The van der Waals surface area contributed by atoms with Gasteiger partial charge in [-0.15, -0.1) is 4.33 Å². The zero-order valence-corrected chi connectivity index (χ0v) is 18.7. The fraction of sp³-hybridized carbons (Fsp3) is 0.650. The average molecular weight is 438 g/mol. The zero-order chi connectivity index (χ0) is 21.3. The number of rotatable bonds is 7. The fourth-order valence-corrected chi connectivity index (χ4v) is 3.87. The predicted molar refractivity (Wildman–Crippen MR) is 116 cm³/mol. The van der Waals surface area contributed by atoms with Gasteiger partial charge >= 0.3 is 6.09 Å². The van der Waals surface area contributed by atoms with E-state index in [0.29, 0.717) is 5.92 Å². The minimum atomic E-state index is -0.206. The van der Waals surface area contributed by atoms with E-state index in [4.69, 9.17) is 9.07 Å². The lowest BCUT2D eigenvalue weighted by Gasteiger charge is -2.32. The molecule has 2 aliphatic rings. The van der Waals surface area contributed by atoms with Gasteiger partial charge in [-0.05, 0) is 32.6 Å². The molecule has 10 heteroatoms. The Morgan fingerprint density at radius 2 is 1.80 bits per heavy atom. The van der Waals surface area contributed by atoms with Crippen molar-refractivity contribution in [3.05, 3.63) is 24.0 Å². The molecule has 1 aromatic heterocycles. The molecule has 0 bridgehead atoms. The van der Waals surface area contributed by atoms with Crippen molar-refractivity contribution < 1.29 is 18.8 Å². The predicted octanol–water partition coefficient (Wildman–Crippen LogP) is 3.01. The highest BCUT2D eigenvalue weighted by atomic mass is 32.2. The van der Waals surface area contributed by atoms with E-state index < -0.39 is 0 Å². The summed E-state index contributed by atoms with van der Waals surface area (Å²) in [5, 5.41) is 0. The van der Waals surface area contributed by atoms with Crippen molar-refractivity contribution in [1.29, 1.82) is 0 Å². The van der Waals surface area contributed by atoms with Crippen LogP contribution in [0.25, 0.3) is 6.08 Å². The van der Waals surface area contributed by atoms with E-state index in [-0.39, 0.29) is 12.2 Å². The van der Waals surface area contributed by atoms with Crippen molar-refractivity contribution in [3.63, 3.8) is 0 Å². The van der Waals surface area contributed by atoms with Gasteiger partial charge in [0.25, 0.3) is 0 Å². The fourth-order valence-electron chi connectivity index (χ4n) is 3.41. The first-order chi connectivity index (χ1) is 14.5. The van der Waals surface area contributed by atoms with E-state index >= 15 is 0 Å². The molecule has 0 spiro atoms. The van der Waals surface area contributed by atoms with Crippen molar-refractivity contribution in [3.8, 4) is 0 Å². The van der Waals surface area contributed by atoms with Gasteiger partial charge in [-0.2, -0.15) is 0 Å². The lowest BCUT2D eigenvalue weighted by atomic mass is 9.96. The van der Waals surface area contributed by atoms with Gasteiger partial charge in [-0.25, -0.2) is 24.0 Å². The minimum absolute atomic E-state index is 0.0782. The van der Waals surface area contributed by atoms with E-state index in [1.165, 1.54) is 19.3 Å². The number of ether oxygens (including phenoxy) is 1. The normalized spacial score (nSPS) is 19.1. The van der Waals surface area contributed by atoms with Crippen LogP contribution in [0, 0.1) is 5.92 Å². The number of aromatic nitrogens is 2. The number of piperidine rings is 1. The maximum atomic E-state index is 12.0. The smallest absolute Gasteiger partial charge is 0.410 e. The number of hydrogen-bond donors (Lipinski definition) is 0. The largest absolute Gasteiger partial charge is 0.447 e. The molecule has 1 amide bonds. The van der Waals surface area contributed by atoms with Crippen molar-refractivity contribution in [1.82, 2.24) is 19.2 Å². The van der Waals surface area contributed by atoms with E-state index in [2.05, 4.69) is 36.2 Å². The first kappa shape index (κ1) is 22.8. The second-order valence-corrected chi connectivity index (χ2v) is 8.46. The van der Waals surface area contributed by atoms with Crippen LogP contribution in [0.2, 0.25) is 0 Å². The molecule has 166 valence electrons. The van der Waals surface area contributed by atoms with Crippen LogP contribution in [-0.2, 0) is 14.0 Å². The van der Waals surface area contributed by atoms with Crippen LogP contribution in [-0.4, -0.2) is 77.7 Å². The maximum absolute atomic E-state index is 12.0. The summed E-state index contributed by atoms with van der Waals surface area (Å²) in [5.74, 6) is 1.20. The summed E-state index contributed by atoms with van der Waals surface area (Å²) < 4.78 is 12.3. The van der Waals surface area contributed by atoms with Gasteiger partial charge in [0.05, 0.1) is 13.2 Å². The molecule has 3 rings (SSSR count). The number of carbonyl (C=O) groups excluding carboxylic acids is 1. The molecule has 30 heavy (non-hydrogen) atoms. The number of allylic oxidation sites excluding steroid dienone is 1. The molecule has 2 saturated heterocycles. The molecule has 0 saturated carbocycles. The van der Waals surface area contributed by atoms with Gasteiger partial charge in [0.1, 0.15) is 12.2 Å². The Morgan fingerprint density at radius 3 is 2.40 bits per heavy atom. The third-order valence-corrected chi connectivity index (χ3v) is 5.85. The second-order valence-electron chi connectivity index (χ2n) is 7.66. The SMILES string of the molecule is COOSN1CCN(c2ncc(/C=C/C3CCN(C(=O)OC(C)C)CC3)cn2)CC1. The highest BCUT2D eigenvalue weighted by Gasteiger charge is 2.23. The Hall–Kier alpha value is -1.88. The quantitative estimate of drug-likeness (QED) is 0.277. The molecule has 1 aromatic rings. The molecule has 0 aliphatic carbocycles. The Kier molecular flexibility index (Phi) is 8.74. The third kappa shape index (κ3) is 6.83. The Balaban J connectivity index is 1.43. The summed E-state index contributed by atoms with van der Waals surface area (Å²) >= 11 is 1.23. The number of anilines is 1. The molecular formula is C20H31N5O4S. The Bertz CT molecular complexity index is 687. The lowest BCUT2D eigenvalue weighted by molar-refractivity contribution is -0.163. The molecule has 0 N–H and O–H groups in total. The van der Waals surface area contributed by atoms with E-state index in [1.54, 1.807) is 4.90 Å². The summed E-state index contributed by atoms with van der Waals surface area (Å²) in [7, 11) is 1.50. The topological polar surface area (TPSA) is 80.3 Å². The van der Waals surface area contributed by atoms with Gasteiger partial charge in [-0.3, -0.25) is 0 Å². The number of carbonyl (C=O) groups is 1. The zero-order valence-electron chi connectivity index (χ0n) is 17.9. The van der Waals surface area contributed by atoms with E-state index in [1.807, 2.05) is 26.2 Å². The van der Waals surface area contributed by atoms with Crippen LogP contribution in [0.1, 0.15) is 32.3 Å². The molecule has 9 nitrogen and oxygen atoms in total. The van der Waals surface area contributed by atoms with Crippen molar-refractivity contribution >= 4 is 30.3 Å². The van der Waals surface area contributed by atoms with Gasteiger partial charge in [0, 0.05) is 57.2 Å². The van der Waals surface area contributed by atoms with Gasteiger partial charge in [0.15, 0.2) is 0 Å². The van der Waals surface area contributed by atoms with Gasteiger partial charge in [0.2, 0.25) is 5.95 Å². The second kappa shape index (κ2) is 11.5. The summed E-state index contributed by atoms with van der Waals surface area (Å²) in [6.45, 7) is 8.59. The number of likely N-dealkylation sites (tertiary alicyclic amines) is 1. The number of amides is 1. The Labute approximate surface area is 182 Å². The van der Waals surface area contributed by atoms with Crippen LogP contribution < -0.4 is 4.90 Å². The van der Waals surface area contributed by atoms with Crippen LogP contribution >= 0.6 is 12.2 Å². The molecule has 0 aromatic carbocycles. The van der Waals surface area contributed by atoms with Crippen LogP contribution in [0.15, 0.2) is 18.5 Å². The molecule has 2 aliphatic heterocycles. The van der Waals surface area contributed by atoms with Gasteiger partial charge in [-0.1, -0.05) is 12.2 Å². The Morgan fingerprint density at radius 1 is 1.13 bits per heavy atom. The minimum Gasteiger partial charge on any atom is -0.447 e. The monoisotopic (exact) mass is 437 g/mol. The molecular weight excluding hydrogens is 406 g/mol. The summed E-state index contributed by atoms with van der Waals surface area (Å²) in [5.41, 5.74) is 0.989. The molecule has 3 heterocycles.